The predicted molar refractivity (Wildman–Crippen MR) is 70.6 cm³/mol. The van der Waals surface area contributed by atoms with Crippen molar-refractivity contribution in [3.63, 3.8) is 0 Å². The summed E-state index contributed by atoms with van der Waals surface area (Å²) in [5.41, 5.74) is 4.47. The number of nitrogens with zero attached hydrogens (tertiary/aromatic N) is 3. The summed E-state index contributed by atoms with van der Waals surface area (Å²) in [6.07, 6.45) is 3.96. The zero-order valence-electron chi connectivity index (χ0n) is 10.8. The number of rotatable bonds is 1. The van der Waals surface area contributed by atoms with Crippen LogP contribution in [0.3, 0.4) is 0 Å². The normalized spacial score (nSPS) is 24.6. The van der Waals surface area contributed by atoms with Crippen LogP contribution in [-0.2, 0) is 0 Å². The average Bonchev–Trinajstić information content (AvgIpc) is 3.02. The van der Waals surface area contributed by atoms with E-state index in [1.807, 2.05) is 13.0 Å². The molecule has 2 aromatic rings. The highest BCUT2D eigenvalue weighted by Gasteiger charge is 2.40. The minimum Gasteiger partial charge on any atom is -0.328 e. The van der Waals surface area contributed by atoms with Crippen molar-refractivity contribution < 1.29 is 0 Å². The molecule has 1 aliphatic heterocycles. The van der Waals surface area contributed by atoms with Gasteiger partial charge in [0, 0.05) is 23.3 Å². The molecule has 0 spiro atoms. The largest absolute Gasteiger partial charge is 0.328 e. The fraction of sp³-hybridized carbons (Fsp3) is 0.467. The van der Waals surface area contributed by atoms with Crippen molar-refractivity contribution in [1.29, 1.82) is 0 Å². The number of hydrogen-bond donors (Lipinski definition) is 0. The fourth-order valence-corrected chi connectivity index (χ4v) is 3.63. The third-order valence-corrected chi connectivity index (χ3v) is 4.44. The standard InChI is InChI=1S/C15H17N3/c1-9-4-3-5-13(16-9)14-10(2)18-12-7-6-11(8-12)15(18)17-14/h3-5,11-12H,6-8H2,1-2H3. The molecule has 0 N–H and O–H groups in total. The molecule has 0 amide bonds. The van der Waals surface area contributed by atoms with Crippen LogP contribution in [0.4, 0.5) is 0 Å². The van der Waals surface area contributed by atoms with E-state index < -0.39 is 0 Å². The fourth-order valence-electron chi connectivity index (χ4n) is 3.63. The van der Waals surface area contributed by atoms with Gasteiger partial charge in [-0.05, 0) is 45.2 Å². The van der Waals surface area contributed by atoms with Crippen LogP contribution >= 0.6 is 0 Å². The number of aromatic nitrogens is 3. The lowest BCUT2D eigenvalue weighted by Crippen LogP contribution is -2.07. The van der Waals surface area contributed by atoms with Crippen LogP contribution in [0, 0.1) is 13.8 Å². The minimum absolute atomic E-state index is 0.701. The number of aryl methyl sites for hydroxylation is 1. The summed E-state index contributed by atoms with van der Waals surface area (Å²) in [7, 11) is 0. The molecule has 3 heterocycles. The Labute approximate surface area is 107 Å². The van der Waals surface area contributed by atoms with E-state index >= 15 is 0 Å². The second kappa shape index (κ2) is 3.44. The van der Waals surface area contributed by atoms with Crippen molar-refractivity contribution in [3.05, 3.63) is 35.4 Å². The first-order valence-corrected chi connectivity index (χ1v) is 6.77. The Kier molecular flexibility index (Phi) is 1.97. The molecule has 2 bridgehead atoms. The Morgan fingerprint density at radius 2 is 2.06 bits per heavy atom. The Morgan fingerprint density at radius 1 is 1.17 bits per heavy atom. The Morgan fingerprint density at radius 3 is 2.83 bits per heavy atom. The maximum atomic E-state index is 4.88. The minimum atomic E-state index is 0.701. The summed E-state index contributed by atoms with van der Waals surface area (Å²) < 4.78 is 2.47. The zero-order valence-corrected chi connectivity index (χ0v) is 10.8. The van der Waals surface area contributed by atoms with Crippen LogP contribution in [0.15, 0.2) is 18.2 Å². The van der Waals surface area contributed by atoms with Gasteiger partial charge in [-0.1, -0.05) is 6.07 Å². The lowest BCUT2D eigenvalue weighted by molar-refractivity contribution is 0.516. The van der Waals surface area contributed by atoms with Crippen molar-refractivity contribution in [3.8, 4) is 11.4 Å². The molecule has 3 nitrogen and oxygen atoms in total. The van der Waals surface area contributed by atoms with Gasteiger partial charge < -0.3 is 4.57 Å². The summed E-state index contributed by atoms with van der Waals surface area (Å²) in [6, 6.07) is 6.87. The molecule has 2 aromatic heterocycles. The lowest BCUT2D eigenvalue weighted by atomic mass is 10.1. The Balaban J connectivity index is 1.89. The molecule has 2 unspecified atom stereocenters. The molecule has 0 radical (unpaired) electrons. The number of fused-ring (bicyclic) bond motifs is 5. The number of hydrogen-bond acceptors (Lipinski definition) is 2. The highest BCUT2D eigenvalue weighted by atomic mass is 15.2. The summed E-state index contributed by atoms with van der Waals surface area (Å²) in [4.78, 5) is 9.50. The van der Waals surface area contributed by atoms with E-state index in [-0.39, 0.29) is 0 Å². The lowest BCUT2D eigenvalue weighted by Gasteiger charge is -2.14. The maximum absolute atomic E-state index is 4.88. The van der Waals surface area contributed by atoms with Gasteiger partial charge in [-0.25, -0.2) is 4.98 Å². The van der Waals surface area contributed by atoms with Crippen LogP contribution < -0.4 is 0 Å². The smallest absolute Gasteiger partial charge is 0.113 e. The van der Waals surface area contributed by atoms with Crippen LogP contribution in [0.1, 0.15) is 48.4 Å². The van der Waals surface area contributed by atoms with Crippen LogP contribution in [0.25, 0.3) is 11.4 Å². The molecule has 4 rings (SSSR count). The second-order valence-corrected chi connectivity index (χ2v) is 5.60. The first-order chi connectivity index (χ1) is 8.74. The van der Waals surface area contributed by atoms with Crippen molar-refractivity contribution in [2.75, 3.05) is 0 Å². The Bertz CT molecular complexity index is 627. The first kappa shape index (κ1) is 10.3. The van der Waals surface area contributed by atoms with Crippen molar-refractivity contribution in [2.45, 2.75) is 45.1 Å². The van der Waals surface area contributed by atoms with E-state index in [1.54, 1.807) is 0 Å². The van der Waals surface area contributed by atoms with Crippen LogP contribution in [-0.4, -0.2) is 14.5 Å². The summed E-state index contributed by atoms with van der Waals surface area (Å²) in [5, 5.41) is 0. The van der Waals surface area contributed by atoms with Gasteiger partial charge in [-0.15, -0.1) is 0 Å². The highest BCUT2D eigenvalue weighted by Crippen LogP contribution is 2.50. The van der Waals surface area contributed by atoms with Crippen LogP contribution in [0.2, 0.25) is 0 Å². The van der Waals surface area contributed by atoms with Crippen molar-refractivity contribution in [2.24, 2.45) is 0 Å². The molecule has 1 fully saturated rings. The van der Waals surface area contributed by atoms with Gasteiger partial charge in [-0.2, -0.15) is 0 Å². The quantitative estimate of drug-likeness (QED) is 0.763. The van der Waals surface area contributed by atoms with Crippen LogP contribution in [0.5, 0.6) is 0 Å². The van der Waals surface area contributed by atoms with Crippen molar-refractivity contribution in [1.82, 2.24) is 14.5 Å². The topological polar surface area (TPSA) is 30.7 Å². The second-order valence-electron chi connectivity index (χ2n) is 5.60. The Hall–Kier alpha value is -1.64. The molecule has 1 saturated carbocycles. The molecule has 2 aliphatic rings. The zero-order chi connectivity index (χ0) is 12.3. The van der Waals surface area contributed by atoms with Crippen molar-refractivity contribution >= 4 is 0 Å². The average molecular weight is 239 g/mol. The summed E-state index contributed by atoms with van der Waals surface area (Å²) in [5.74, 6) is 2.01. The predicted octanol–water partition coefficient (Wildman–Crippen LogP) is 3.38. The third kappa shape index (κ3) is 1.25. The van der Waals surface area contributed by atoms with E-state index in [0.29, 0.717) is 12.0 Å². The molecule has 18 heavy (non-hydrogen) atoms. The molecule has 0 saturated heterocycles. The molecular formula is C15H17N3. The highest BCUT2D eigenvalue weighted by molar-refractivity contribution is 5.58. The van der Waals surface area contributed by atoms with Gasteiger partial charge in [0.25, 0.3) is 0 Å². The third-order valence-electron chi connectivity index (χ3n) is 4.44. The molecular weight excluding hydrogens is 222 g/mol. The van der Waals surface area contributed by atoms with E-state index in [0.717, 1.165) is 17.1 Å². The molecule has 92 valence electrons. The van der Waals surface area contributed by atoms with E-state index in [2.05, 4.69) is 28.6 Å². The van der Waals surface area contributed by atoms with Gasteiger partial charge in [0.15, 0.2) is 0 Å². The SMILES string of the molecule is Cc1cccc(-c2nc3n(c2C)C2CCC3C2)n1. The van der Waals surface area contributed by atoms with Gasteiger partial charge >= 0.3 is 0 Å². The monoisotopic (exact) mass is 239 g/mol. The first-order valence-electron chi connectivity index (χ1n) is 6.77. The maximum Gasteiger partial charge on any atom is 0.113 e. The van der Waals surface area contributed by atoms with E-state index in [4.69, 9.17) is 4.98 Å². The number of pyridine rings is 1. The van der Waals surface area contributed by atoms with Gasteiger partial charge in [-0.3, -0.25) is 4.98 Å². The molecule has 3 heteroatoms. The summed E-state index contributed by atoms with van der Waals surface area (Å²) >= 11 is 0. The molecule has 2 atom stereocenters. The van der Waals surface area contributed by atoms with E-state index in [1.165, 1.54) is 30.8 Å². The van der Waals surface area contributed by atoms with E-state index in [9.17, 15) is 0 Å². The van der Waals surface area contributed by atoms with Gasteiger partial charge in [0.05, 0.1) is 5.69 Å². The summed E-state index contributed by atoms with van der Waals surface area (Å²) in [6.45, 7) is 4.23. The van der Waals surface area contributed by atoms with Gasteiger partial charge in [0.2, 0.25) is 0 Å². The van der Waals surface area contributed by atoms with Gasteiger partial charge in [0.1, 0.15) is 11.5 Å². The molecule has 1 aliphatic carbocycles. The number of imidazole rings is 1. The molecule has 0 aromatic carbocycles.